The van der Waals surface area contributed by atoms with Crippen LogP contribution in [0.3, 0.4) is 0 Å². The van der Waals surface area contributed by atoms with E-state index < -0.39 is 5.97 Å². The minimum Gasteiger partial charge on any atom is -0.481 e. The van der Waals surface area contributed by atoms with Crippen LogP contribution in [-0.2, 0) is 4.79 Å². The zero-order chi connectivity index (χ0) is 17.8. The molecule has 6 nitrogen and oxygen atoms in total. The molecule has 0 radical (unpaired) electrons. The summed E-state index contributed by atoms with van der Waals surface area (Å²) in [5, 5.41) is 9.14. The molecule has 0 amide bonds. The molecule has 2 aromatic rings. The fourth-order valence-corrected chi connectivity index (χ4v) is 3.24. The highest BCUT2D eigenvalue weighted by Crippen LogP contribution is 2.26. The van der Waals surface area contributed by atoms with E-state index in [-0.39, 0.29) is 5.92 Å². The van der Waals surface area contributed by atoms with Crippen molar-refractivity contribution >= 4 is 23.4 Å². The molecule has 132 valence electrons. The zero-order valence-electron chi connectivity index (χ0n) is 14.7. The van der Waals surface area contributed by atoms with Gasteiger partial charge in [-0.15, -0.1) is 0 Å². The number of piperidine rings is 1. The number of hydrogen-bond donors (Lipinski definition) is 1. The van der Waals surface area contributed by atoms with Crippen LogP contribution in [0.2, 0.25) is 0 Å². The second-order valence-electron chi connectivity index (χ2n) is 6.40. The molecular weight excluding hydrogens is 316 g/mol. The van der Waals surface area contributed by atoms with E-state index in [9.17, 15) is 4.79 Å². The van der Waals surface area contributed by atoms with Gasteiger partial charge in [0.15, 0.2) is 0 Å². The molecule has 1 aliphatic heterocycles. The maximum atomic E-state index is 11.1. The third kappa shape index (κ3) is 3.90. The molecule has 25 heavy (non-hydrogen) atoms. The minimum absolute atomic E-state index is 0.239. The summed E-state index contributed by atoms with van der Waals surface area (Å²) in [4.78, 5) is 24.5. The van der Waals surface area contributed by atoms with Gasteiger partial charge in [0.05, 0.1) is 5.92 Å². The predicted molar refractivity (Wildman–Crippen MR) is 98.5 cm³/mol. The fourth-order valence-electron chi connectivity index (χ4n) is 3.24. The van der Waals surface area contributed by atoms with Crippen molar-refractivity contribution in [2.45, 2.75) is 26.7 Å². The molecule has 0 saturated carbocycles. The highest BCUT2D eigenvalue weighted by molar-refractivity contribution is 5.70. The van der Waals surface area contributed by atoms with E-state index in [0.29, 0.717) is 31.9 Å². The largest absolute Gasteiger partial charge is 0.481 e. The third-order valence-corrected chi connectivity index (χ3v) is 4.67. The Labute approximate surface area is 148 Å². The number of benzene rings is 1. The second-order valence-corrected chi connectivity index (χ2v) is 6.40. The Morgan fingerprint density at radius 1 is 1.32 bits per heavy atom. The molecule has 1 N–H and O–H groups in total. The summed E-state index contributed by atoms with van der Waals surface area (Å²) in [6.07, 6.45) is 3.09. The van der Waals surface area contributed by atoms with Gasteiger partial charge in [-0.3, -0.25) is 4.79 Å². The van der Waals surface area contributed by atoms with Gasteiger partial charge in [0, 0.05) is 31.5 Å². The number of aliphatic carboxylic acids is 1. The molecule has 1 aliphatic rings. The van der Waals surface area contributed by atoms with Crippen molar-refractivity contribution in [3.05, 3.63) is 42.1 Å². The molecule has 1 aromatic heterocycles. The molecular formula is C19H24N4O2. The van der Waals surface area contributed by atoms with Crippen molar-refractivity contribution in [1.82, 2.24) is 9.97 Å². The molecule has 1 saturated heterocycles. The highest BCUT2D eigenvalue weighted by atomic mass is 16.4. The number of carbonyl (C=O) groups is 1. The first-order chi connectivity index (χ1) is 12.1. The van der Waals surface area contributed by atoms with Crippen LogP contribution in [0.4, 0.5) is 17.5 Å². The molecule has 1 fully saturated rings. The lowest BCUT2D eigenvalue weighted by molar-refractivity contribution is -0.142. The first-order valence-corrected chi connectivity index (χ1v) is 8.73. The van der Waals surface area contributed by atoms with Gasteiger partial charge in [-0.1, -0.05) is 12.1 Å². The average molecular weight is 340 g/mol. The van der Waals surface area contributed by atoms with Gasteiger partial charge in [0.2, 0.25) is 5.95 Å². The zero-order valence-corrected chi connectivity index (χ0v) is 14.7. The van der Waals surface area contributed by atoms with Gasteiger partial charge >= 0.3 is 5.97 Å². The molecule has 3 rings (SSSR count). The molecule has 0 unspecified atom stereocenters. The van der Waals surface area contributed by atoms with Crippen molar-refractivity contribution in [3.63, 3.8) is 0 Å². The Balaban J connectivity index is 1.80. The standard InChI is InChI=1S/C19H24N4O2/c1-3-23(16-6-4-5-14(2)13-16)19-20-10-7-17(21-19)22-11-8-15(9-12-22)18(24)25/h4-7,10,13,15H,3,8-9,11-12H2,1-2H3,(H,24,25). The normalized spacial score (nSPS) is 15.2. The molecule has 0 aliphatic carbocycles. The van der Waals surface area contributed by atoms with Gasteiger partial charge < -0.3 is 14.9 Å². The van der Waals surface area contributed by atoms with Crippen LogP contribution in [-0.4, -0.2) is 40.7 Å². The summed E-state index contributed by atoms with van der Waals surface area (Å²) in [6.45, 7) is 6.35. The van der Waals surface area contributed by atoms with Crippen molar-refractivity contribution in [2.24, 2.45) is 5.92 Å². The number of rotatable bonds is 5. The molecule has 0 spiro atoms. The Bertz CT molecular complexity index is 742. The van der Waals surface area contributed by atoms with Crippen LogP contribution in [0.25, 0.3) is 0 Å². The Morgan fingerprint density at radius 2 is 2.08 bits per heavy atom. The number of hydrogen-bond acceptors (Lipinski definition) is 5. The highest BCUT2D eigenvalue weighted by Gasteiger charge is 2.25. The van der Waals surface area contributed by atoms with Crippen molar-refractivity contribution in [1.29, 1.82) is 0 Å². The third-order valence-electron chi connectivity index (χ3n) is 4.67. The number of nitrogens with zero attached hydrogens (tertiary/aromatic N) is 4. The Morgan fingerprint density at radius 3 is 2.72 bits per heavy atom. The van der Waals surface area contributed by atoms with Crippen molar-refractivity contribution in [2.75, 3.05) is 29.4 Å². The minimum atomic E-state index is -0.695. The number of carboxylic acids is 1. The lowest BCUT2D eigenvalue weighted by Crippen LogP contribution is -2.37. The molecule has 6 heteroatoms. The molecule has 2 heterocycles. The van der Waals surface area contributed by atoms with Crippen molar-refractivity contribution in [3.8, 4) is 0 Å². The van der Waals surface area contributed by atoms with Crippen molar-refractivity contribution < 1.29 is 9.90 Å². The lowest BCUT2D eigenvalue weighted by atomic mass is 9.97. The number of carboxylic acid groups (broad SMARTS) is 1. The maximum absolute atomic E-state index is 11.1. The maximum Gasteiger partial charge on any atom is 0.306 e. The summed E-state index contributed by atoms with van der Waals surface area (Å²) in [7, 11) is 0. The van der Waals surface area contributed by atoms with E-state index in [0.717, 1.165) is 18.1 Å². The fraction of sp³-hybridized carbons (Fsp3) is 0.421. The molecule has 0 bridgehead atoms. The molecule has 1 aromatic carbocycles. The van der Waals surface area contributed by atoms with Crippen LogP contribution < -0.4 is 9.80 Å². The second kappa shape index (κ2) is 7.51. The van der Waals surface area contributed by atoms with Crippen LogP contribution in [0.5, 0.6) is 0 Å². The summed E-state index contributed by atoms with van der Waals surface area (Å²) in [5.41, 5.74) is 2.27. The number of anilines is 3. The first-order valence-electron chi connectivity index (χ1n) is 8.73. The predicted octanol–water partition coefficient (Wildman–Crippen LogP) is 3.24. The van der Waals surface area contributed by atoms with Crippen LogP contribution in [0.1, 0.15) is 25.3 Å². The number of aryl methyl sites for hydroxylation is 1. The van der Waals surface area contributed by atoms with Crippen LogP contribution in [0, 0.1) is 12.8 Å². The topological polar surface area (TPSA) is 69.6 Å². The summed E-state index contributed by atoms with van der Waals surface area (Å²) < 4.78 is 0. The Kier molecular flexibility index (Phi) is 5.16. The van der Waals surface area contributed by atoms with Gasteiger partial charge in [-0.05, 0) is 50.5 Å². The quantitative estimate of drug-likeness (QED) is 0.901. The van der Waals surface area contributed by atoms with Gasteiger partial charge in [-0.2, -0.15) is 4.98 Å². The van der Waals surface area contributed by atoms with E-state index in [1.807, 2.05) is 12.1 Å². The van der Waals surface area contributed by atoms with Crippen LogP contribution in [0.15, 0.2) is 36.5 Å². The summed E-state index contributed by atoms with van der Waals surface area (Å²) in [6, 6.07) is 10.2. The van der Waals surface area contributed by atoms with E-state index in [1.54, 1.807) is 6.20 Å². The summed E-state index contributed by atoms with van der Waals surface area (Å²) in [5.74, 6) is 0.600. The van der Waals surface area contributed by atoms with E-state index in [1.165, 1.54) is 5.56 Å². The van der Waals surface area contributed by atoms with Crippen LogP contribution >= 0.6 is 0 Å². The first kappa shape index (κ1) is 17.2. The van der Waals surface area contributed by atoms with Gasteiger partial charge in [-0.25, -0.2) is 4.98 Å². The number of aromatic nitrogens is 2. The van der Waals surface area contributed by atoms with E-state index in [4.69, 9.17) is 10.1 Å². The van der Waals surface area contributed by atoms with Gasteiger partial charge in [0.25, 0.3) is 0 Å². The molecule has 0 atom stereocenters. The average Bonchev–Trinajstić information content (AvgIpc) is 2.63. The smallest absolute Gasteiger partial charge is 0.306 e. The SMILES string of the molecule is CCN(c1cccc(C)c1)c1nccc(N2CCC(C(=O)O)CC2)n1. The lowest BCUT2D eigenvalue weighted by Gasteiger charge is -2.31. The van der Waals surface area contributed by atoms with E-state index >= 15 is 0 Å². The van der Waals surface area contributed by atoms with Gasteiger partial charge in [0.1, 0.15) is 5.82 Å². The monoisotopic (exact) mass is 340 g/mol. The van der Waals surface area contributed by atoms with E-state index in [2.05, 4.69) is 46.8 Å². The Hall–Kier alpha value is -2.63. The summed E-state index contributed by atoms with van der Waals surface area (Å²) >= 11 is 0.